The predicted octanol–water partition coefficient (Wildman–Crippen LogP) is 3.70. The summed E-state index contributed by atoms with van der Waals surface area (Å²) in [6.07, 6.45) is 8.58. The minimum Gasteiger partial charge on any atom is -0.392 e. The van der Waals surface area contributed by atoms with Gasteiger partial charge in [-0.2, -0.15) is 0 Å². The van der Waals surface area contributed by atoms with Gasteiger partial charge in [-0.1, -0.05) is 30.7 Å². The average Bonchev–Trinajstić information content (AvgIpc) is 2.94. The molecule has 1 N–H and O–H groups in total. The molecule has 2 fully saturated rings. The number of hydrogen-bond donors (Lipinski definition) is 1. The molecule has 0 aliphatic heterocycles. The number of allylic oxidation sites excluding steroid dienone is 2. The maximum absolute atomic E-state index is 8.93. The topological polar surface area (TPSA) is 20.2 Å². The van der Waals surface area contributed by atoms with E-state index in [0.29, 0.717) is 5.41 Å². The Balaban J connectivity index is 1.85. The average molecular weight is 220 g/mol. The lowest BCUT2D eigenvalue weighted by Gasteiger charge is -2.23. The van der Waals surface area contributed by atoms with Crippen LogP contribution < -0.4 is 0 Å². The predicted molar refractivity (Wildman–Crippen MR) is 68.2 cm³/mol. The van der Waals surface area contributed by atoms with Gasteiger partial charge in [0.15, 0.2) is 0 Å². The highest BCUT2D eigenvalue weighted by molar-refractivity contribution is 5.29. The number of rotatable bonds is 5. The fourth-order valence-corrected chi connectivity index (χ4v) is 3.58. The van der Waals surface area contributed by atoms with Gasteiger partial charge >= 0.3 is 0 Å². The molecule has 2 aliphatic rings. The second-order valence-corrected chi connectivity index (χ2v) is 5.77. The summed E-state index contributed by atoms with van der Waals surface area (Å²) in [6, 6.07) is 0. The first-order valence-corrected chi connectivity index (χ1v) is 6.56. The minimum absolute atomic E-state index is 0.203. The van der Waals surface area contributed by atoms with E-state index in [9.17, 15) is 0 Å². The van der Waals surface area contributed by atoms with Crippen molar-refractivity contribution >= 4 is 0 Å². The third-order valence-electron chi connectivity index (χ3n) is 4.83. The Labute approximate surface area is 99.3 Å². The molecule has 0 spiro atoms. The van der Waals surface area contributed by atoms with E-state index in [0.717, 1.165) is 23.8 Å². The molecule has 0 heterocycles. The van der Waals surface area contributed by atoms with Gasteiger partial charge in [-0.3, -0.25) is 0 Å². The third kappa shape index (κ3) is 1.86. The zero-order valence-corrected chi connectivity index (χ0v) is 10.6. The summed E-state index contributed by atoms with van der Waals surface area (Å²) in [5, 5.41) is 8.93. The van der Waals surface area contributed by atoms with Gasteiger partial charge in [0, 0.05) is 0 Å². The highest BCUT2D eigenvalue weighted by Crippen LogP contribution is 2.70. The van der Waals surface area contributed by atoms with E-state index in [2.05, 4.69) is 19.6 Å². The van der Waals surface area contributed by atoms with Crippen LogP contribution in [-0.4, -0.2) is 11.7 Å². The molecule has 90 valence electrons. The molecule has 0 saturated heterocycles. The van der Waals surface area contributed by atoms with Crippen molar-refractivity contribution in [2.24, 2.45) is 17.3 Å². The standard InChI is InChI=1S/C15H24O/c1-11(10-16)5-4-6-12(2)15-9-14(15)8-7-13(15)3/h5,12,14,16H,3-4,6-10H2,1-2H3/b11-5+. The van der Waals surface area contributed by atoms with E-state index in [1.54, 1.807) is 0 Å². The zero-order chi connectivity index (χ0) is 11.8. The van der Waals surface area contributed by atoms with Gasteiger partial charge in [-0.25, -0.2) is 0 Å². The molecule has 0 bridgehead atoms. The summed E-state index contributed by atoms with van der Waals surface area (Å²) in [5.74, 6) is 1.73. The number of fused-ring (bicyclic) bond motifs is 1. The van der Waals surface area contributed by atoms with Crippen LogP contribution in [0.15, 0.2) is 23.8 Å². The molecule has 1 heteroatoms. The monoisotopic (exact) mass is 220 g/mol. The van der Waals surface area contributed by atoms with Crippen LogP contribution in [0.25, 0.3) is 0 Å². The molecule has 0 aromatic heterocycles. The van der Waals surface area contributed by atoms with Gasteiger partial charge in [0.1, 0.15) is 0 Å². The van der Waals surface area contributed by atoms with E-state index in [-0.39, 0.29) is 6.61 Å². The van der Waals surface area contributed by atoms with Crippen molar-refractivity contribution in [3.63, 3.8) is 0 Å². The molecule has 0 aromatic carbocycles. The highest BCUT2D eigenvalue weighted by Gasteiger charge is 2.61. The lowest BCUT2D eigenvalue weighted by Crippen LogP contribution is -2.14. The first-order chi connectivity index (χ1) is 7.61. The van der Waals surface area contributed by atoms with Crippen LogP contribution >= 0.6 is 0 Å². The quantitative estimate of drug-likeness (QED) is 0.700. The fraction of sp³-hybridized carbons (Fsp3) is 0.733. The molecule has 2 aliphatic carbocycles. The number of hydrogen-bond acceptors (Lipinski definition) is 1. The lowest BCUT2D eigenvalue weighted by atomic mass is 9.82. The van der Waals surface area contributed by atoms with Crippen molar-refractivity contribution in [1.29, 1.82) is 0 Å². The largest absolute Gasteiger partial charge is 0.392 e. The minimum atomic E-state index is 0.203. The van der Waals surface area contributed by atoms with Crippen LogP contribution in [-0.2, 0) is 0 Å². The molecule has 0 amide bonds. The Morgan fingerprint density at radius 2 is 2.44 bits per heavy atom. The van der Waals surface area contributed by atoms with Gasteiger partial charge in [0.25, 0.3) is 0 Å². The molecule has 16 heavy (non-hydrogen) atoms. The van der Waals surface area contributed by atoms with Crippen molar-refractivity contribution in [2.75, 3.05) is 6.61 Å². The fourth-order valence-electron chi connectivity index (χ4n) is 3.58. The summed E-state index contributed by atoms with van der Waals surface area (Å²) < 4.78 is 0. The highest BCUT2D eigenvalue weighted by atomic mass is 16.3. The van der Waals surface area contributed by atoms with E-state index in [1.807, 2.05) is 6.92 Å². The Morgan fingerprint density at radius 1 is 1.69 bits per heavy atom. The van der Waals surface area contributed by atoms with E-state index >= 15 is 0 Å². The molecule has 0 aromatic rings. The van der Waals surface area contributed by atoms with Gasteiger partial charge in [0.2, 0.25) is 0 Å². The van der Waals surface area contributed by atoms with Crippen molar-refractivity contribution in [3.8, 4) is 0 Å². The van der Waals surface area contributed by atoms with Crippen LogP contribution in [0.5, 0.6) is 0 Å². The number of aliphatic hydroxyl groups excluding tert-OH is 1. The normalized spacial score (nSPS) is 35.1. The first-order valence-electron chi connectivity index (χ1n) is 6.56. The van der Waals surface area contributed by atoms with E-state index < -0.39 is 0 Å². The lowest BCUT2D eigenvalue weighted by molar-refractivity contribution is 0.329. The Kier molecular flexibility index (Phi) is 3.25. The molecule has 1 nitrogen and oxygen atoms in total. The molecule has 3 unspecified atom stereocenters. The maximum Gasteiger partial charge on any atom is 0.0639 e. The molecule has 3 atom stereocenters. The van der Waals surface area contributed by atoms with Crippen LogP contribution in [0.4, 0.5) is 0 Å². The maximum atomic E-state index is 8.93. The third-order valence-corrected chi connectivity index (χ3v) is 4.83. The second-order valence-electron chi connectivity index (χ2n) is 5.77. The number of aliphatic hydroxyl groups is 1. The Bertz CT molecular complexity index is 315. The summed E-state index contributed by atoms with van der Waals surface area (Å²) in [6.45, 7) is 8.86. The molecule has 0 radical (unpaired) electrons. The summed E-state index contributed by atoms with van der Waals surface area (Å²) in [7, 11) is 0. The van der Waals surface area contributed by atoms with Crippen LogP contribution in [0.3, 0.4) is 0 Å². The van der Waals surface area contributed by atoms with Gasteiger partial charge in [0.05, 0.1) is 6.61 Å². The SMILES string of the molecule is C=C1CCC2CC12C(C)CC/C=C(\C)CO. The summed E-state index contributed by atoms with van der Waals surface area (Å²) in [5.41, 5.74) is 3.15. The van der Waals surface area contributed by atoms with Crippen molar-refractivity contribution < 1.29 is 5.11 Å². The molecule has 2 rings (SSSR count). The summed E-state index contributed by atoms with van der Waals surface area (Å²) in [4.78, 5) is 0. The van der Waals surface area contributed by atoms with Gasteiger partial charge in [-0.15, -0.1) is 0 Å². The zero-order valence-electron chi connectivity index (χ0n) is 10.6. The second kappa shape index (κ2) is 4.37. The first kappa shape index (κ1) is 11.9. The van der Waals surface area contributed by atoms with E-state index in [1.165, 1.54) is 31.3 Å². The molecule has 2 saturated carbocycles. The van der Waals surface area contributed by atoms with Crippen LogP contribution in [0.2, 0.25) is 0 Å². The molecular weight excluding hydrogens is 196 g/mol. The summed E-state index contributed by atoms with van der Waals surface area (Å²) >= 11 is 0. The Morgan fingerprint density at radius 3 is 2.94 bits per heavy atom. The van der Waals surface area contributed by atoms with E-state index in [4.69, 9.17) is 5.11 Å². The van der Waals surface area contributed by atoms with Gasteiger partial charge in [-0.05, 0) is 56.3 Å². The van der Waals surface area contributed by atoms with Crippen molar-refractivity contribution in [2.45, 2.75) is 46.0 Å². The van der Waals surface area contributed by atoms with Crippen LogP contribution in [0, 0.1) is 17.3 Å². The molecular formula is C15H24O. The van der Waals surface area contributed by atoms with Crippen molar-refractivity contribution in [1.82, 2.24) is 0 Å². The van der Waals surface area contributed by atoms with Crippen LogP contribution in [0.1, 0.15) is 46.0 Å². The van der Waals surface area contributed by atoms with Gasteiger partial charge < -0.3 is 5.11 Å². The smallest absolute Gasteiger partial charge is 0.0639 e. The van der Waals surface area contributed by atoms with Crippen molar-refractivity contribution in [3.05, 3.63) is 23.8 Å². The Hall–Kier alpha value is -0.560.